The first kappa shape index (κ1) is 24.9. The van der Waals surface area contributed by atoms with Crippen LogP contribution in [0.25, 0.3) is 0 Å². The number of carbonyl (C=O) groups excluding carboxylic acids is 2. The number of carbonyl (C=O) groups is 2. The van der Waals surface area contributed by atoms with Crippen LogP contribution in [-0.2, 0) is 14.3 Å². The second-order valence-corrected chi connectivity index (χ2v) is 9.39. The van der Waals surface area contributed by atoms with Gasteiger partial charge in [-0.1, -0.05) is 42.0 Å². The second kappa shape index (κ2) is 11.0. The summed E-state index contributed by atoms with van der Waals surface area (Å²) < 4.78 is 10.8. The number of nitrogens with zero attached hydrogens (tertiary/aromatic N) is 3. The van der Waals surface area contributed by atoms with Gasteiger partial charge < -0.3 is 9.47 Å². The molecule has 0 radical (unpaired) electrons. The number of rotatable bonds is 7. The van der Waals surface area contributed by atoms with Crippen LogP contribution in [0.1, 0.15) is 54.5 Å². The Labute approximate surface area is 207 Å². The number of para-hydroxylation sites is 1. The van der Waals surface area contributed by atoms with Crippen molar-refractivity contribution in [1.82, 2.24) is 9.91 Å². The number of ether oxygens (including phenoxy) is 2. The molecule has 7 heteroatoms. The summed E-state index contributed by atoms with van der Waals surface area (Å²) in [6, 6.07) is 13.9. The van der Waals surface area contributed by atoms with E-state index < -0.39 is 0 Å². The Balaban J connectivity index is 1.59. The molecule has 0 aliphatic carbocycles. The summed E-state index contributed by atoms with van der Waals surface area (Å²) in [7, 11) is 1.65. The van der Waals surface area contributed by atoms with Gasteiger partial charge in [0.15, 0.2) is 0 Å². The van der Waals surface area contributed by atoms with Gasteiger partial charge >= 0.3 is 5.97 Å². The number of aryl methyl sites for hydroxylation is 2. The number of piperidine rings is 1. The Morgan fingerprint density at radius 1 is 1.14 bits per heavy atom. The number of amides is 1. The third-order valence-electron chi connectivity index (χ3n) is 6.84. The zero-order valence-corrected chi connectivity index (χ0v) is 21.1. The number of hydrazone groups is 1. The SMILES string of the molecule is CCOC(=O)C1CCCN(CC(=O)N2N=C(c3ccc(C)cc3C)CC2c2ccccc2OC)C1. The van der Waals surface area contributed by atoms with Crippen LogP contribution < -0.4 is 4.74 Å². The van der Waals surface area contributed by atoms with E-state index in [4.69, 9.17) is 14.6 Å². The fourth-order valence-electron chi connectivity index (χ4n) is 5.14. The molecule has 2 aliphatic rings. The van der Waals surface area contributed by atoms with Gasteiger partial charge in [0, 0.05) is 24.1 Å². The summed E-state index contributed by atoms with van der Waals surface area (Å²) in [5.74, 6) is 0.306. The predicted octanol–water partition coefficient (Wildman–Crippen LogP) is 4.26. The third-order valence-corrected chi connectivity index (χ3v) is 6.84. The maximum absolute atomic E-state index is 13.6. The summed E-state index contributed by atoms with van der Waals surface area (Å²) in [6.45, 7) is 7.87. The van der Waals surface area contributed by atoms with Crippen molar-refractivity contribution in [3.8, 4) is 5.75 Å². The largest absolute Gasteiger partial charge is 0.496 e. The van der Waals surface area contributed by atoms with E-state index in [1.807, 2.05) is 31.2 Å². The van der Waals surface area contributed by atoms with Crippen LogP contribution in [0, 0.1) is 19.8 Å². The zero-order valence-electron chi connectivity index (χ0n) is 21.1. The van der Waals surface area contributed by atoms with E-state index >= 15 is 0 Å². The molecule has 1 amide bonds. The molecule has 2 atom stereocenters. The molecule has 0 N–H and O–H groups in total. The minimum Gasteiger partial charge on any atom is -0.496 e. The van der Waals surface area contributed by atoms with Crippen molar-refractivity contribution < 1.29 is 19.1 Å². The number of esters is 1. The lowest BCUT2D eigenvalue weighted by atomic mass is 9.94. The summed E-state index contributed by atoms with van der Waals surface area (Å²) >= 11 is 0. The van der Waals surface area contributed by atoms with Gasteiger partial charge in [-0.25, -0.2) is 5.01 Å². The average Bonchev–Trinajstić information content (AvgIpc) is 3.29. The van der Waals surface area contributed by atoms with Crippen molar-refractivity contribution in [3.63, 3.8) is 0 Å². The first-order valence-corrected chi connectivity index (χ1v) is 12.4. The fraction of sp³-hybridized carbons (Fsp3) is 0.464. The Kier molecular flexibility index (Phi) is 7.86. The highest BCUT2D eigenvalue weighted by Gasteiger charge is 2.36. The fourth-order valence-corrected chi connectivity index (χ4v) is 5.14. The summed E-state index contributed by atoms with van der Waals surface area (Å²) in [6.07, 6.45) is 2.28. The molecule has 2 aromatic rings. The van der Waals surface area contributed by atoms with E-state index in [1.165, 1.54) is 5.56 Å². The van der Waals surface area contributed by atoms with Crippen molar-refractivity contribution in [2.75, 3.05) is 33.4 Å². The molecule has 4 rings (SSSR count). The van der Waals surface area contributed by atoms with Gasteiger partial charge in [0.2, 0.25) is 0 Å². The van der Waals surface area contributed by atoms with E-state index in [0.717, 1.165) is 47.5 Å². The van der Waals surface area contributed by atoms with Gasteiger partial charge in [-0.3, -0.25) is 14.5 Å². The molecule has 2 unspecified atom stereocenters. The van der Waals surface area contributed by atoms with Crippen LogP contribution >= 0.6 is 0 Å². The van der Waals surface area contributed by atoms with Crippen molar-refractivity contribution >= 4 is 17.6 Å². The van der Waals surface area contributed by atoms with E-state index in [-0.39, 0.29) is 30.4 Å². The minimum absolute atomic E-state index is 0.0785. The highest BCUT2D eigenvalue weighted by atomic mass is 16.5. The number of hydrogen-bond acceptors (Lipinski definition) is 6. The molecule has 1 saturated heterocycles. The smallest absolute Gasteiger partial charge is 0.310 e. The number of likely N-dealkylation sites (tertiary alicyclic amines) is 1. The molecule has 0 saturated carbocycles. The second-order valence-electron chi connectivity index (χ2n) is 9.39. The number of methoxy groups -OCH3 is 1. The monoisotopic (exact) mass is 477 g/mol. The zero-order chi connectivity index (χ0) is 24.9. The molecule has 0 bridgehead atoms. The van der Waals surface area contributed by atoms with Crippen LogP contribution in [0.2, 0.25) is 0 Å². The lowest BCUT2D eigenvalue weighted by Crippen LogP contribution is -2.44. The average molecular weight is 478 g/mol. The van der Waals surface area contributed by atoms with Crippen molar-refractivity contribution in [3.05, 3.63) is 64.7 Å². The molecule has 1 fully saturated rings. The Hall–Kier alpha value is -3.19. The Morgan fingerprint density at radius 2 is 1.94 bits per heavy atom. The first-order valence-electron chi connectivity index (χ1n) is 12.4. The standard InChI is InChI=1S/C28H35N3O4/c1-5-35-28(33)21-9-8-14-30(17-21)18-27(32)31-25(23-10-6-7-11-26(23)34-4)16-24(29-31)22-13-12-19(2)15-20(22)3/h6-7,10-13,15,21,25H,5,8-9,14,16-18H2,1-4H3. The molecule has 2 aromatic carbocycles. The highest BCUT2D eigenvalue weighted by Crippen LogP contribution is 2.38. The Bertz CT molecular complexity index is 1110. The van der Waals surface area contributed by atoms with Gasteiger partial charge in [0.25, 0.3) is 5.91 Å². The lowest BCUT2D eigenvalue weighted by Gasteiger charge is -2.32. The van der Waals surface area contributed by atoms with Gasteiger partial charge in [0.1, 0.15) is 5.75 Å². The third kappa shape index (κ3) is 5.56. The van der Waals surface area contributed by atoms with Gasteiger partial charge in [-0.15, -0.1) is 0 Å². The summed E-state index contributed by atoms with van der Waals surface area (Å²) in [5, 5.41) is 6.48. The highest BCUT2D eigenvalue weighted by molar-refractivity contribution is 6.04. The van der Waals surface area contributed by atoms with Crippen molar-refractivity contribution in [2.24, 2.45) is 11.0 Å². The summed E-state index contributed by atoms with van der Waals surface area (Å²) in [4.78, 5) is 28.0. The minimum atomic E-state index is -0.250. The molecule has 2 heterocycles. The molecule has 0 spiro atoms. The van der Waals surface area contributed by atoms with E-state index in [2.05, 4.69) is 36.9 Å². The molecule has 0 aromatic heterocycles. The van der Waals surface area contributed by atoms with Gasteiger partial charge in [0.05, 0.1) is 37.9 Å². The van der Waals surface area contributed by atoms with Crippen LogP contribution in [0.5, 0.6) is 5.75 Å². The first-order chi connectivity index (χ1) is 16.9. The van der Waals surface area contributed by atoms with Crippen molar-refractivity contribution in [2.45, 2.75) is 46.1 Å². The predicted molar refractivity (Wildman–Crippen MR) is 135 cm³/mol. The van der Waals surface area contributed by atoms with Gasteiger partial charge in [-0.05, 0) is 51.8 Å². The maximum atomic E-state index is 13.6. The lowest BCUT2D eigenvalue weighted by molar-refractivity contribution is -0.150. The van der Waals surface area contributed by atoms with E-state index in [0.29, 0.717) is 19.6 Å². The molecule has 35 heavy (non-hydrogen) atoms. The normalized spacial score (nSPS) is 20.5. The number of hydrogen-bond donors (Lipinski definition) is 0. The molecule has 186 valence electrons. The van der Waals surface area contributed by atoms with Crippen LogP contribution in [0.3, 0.4) is 0 Å². The molecule has 7 nitrogen and oxygen atoms in total. The molecule has 2 aliphatic heterocycles. The maximum Gasteiger partial charge on any atom is 0.310 e. The van der Waals surface area contributed by atoms with E-state index in [9.17, 15) is 9.59 Å². The number of benzene rings is 2. The quantitative estimate of drug-likeness (QED) is 0.557. The molecular formula is C28H35N3O4. The van der Waals surface area contributed by atoms with Gasteiger partial charge in [-0.2, -0.15) is 5.10 Å². The van der Waals surface area contributed by atoms with Crippen molar-refractivity contribution in [1.29, 1.82) is 0 Å². The van der Waals surface area contributed by atoms with Crippen LogP contribution in [0.4, 0.5) is 0 Å². The van der Waals surface area contributed by atoms with Crippen LogP contribution in [0.15, 0.2) is 47.6 Å². The molecular weight excluding hydrogens is 442 g/mol. The van der Waals surface area contributed by atoms with Crippen LogP contribution in [-0.4, -0.2) is 60.8 Å². The topological polar surface area (TPSA) is 71.4 Å². The van der Waals surface area contributed by atoms with E-state index in [1.54, 1.807) is 12.1 Å². The summed E-state index contributed by atoms with van der Waals surface area (Å²) in [5.41, 5.74) is 5.24. The Morgan fingerprint density at radius 3 is 2.69 bits per heavy atom.